The van der Waals surface area contributed by atoms with E-state index in [2.05, 4.69) is 23.5 Å². The Balaban J connectivity index is 1.61. The van der Waals surface area contributed by atoms with Crippen molar-refractivity contribution in [3.63, 3.8) is 0 Å². The maximum absolute atomic E-state index is 5.32. The Hall–Kier alpha value is -1.55. The number of furan rings is 1. The molecule has 0 radical (unpaired) electrons. The second-order valence-electron chi connectivity index (χ2n) is 4.75. The van der Waals surface area contributed by atoms with E-state index in [-0.39, 0.29) is 0 Å². The van der Waals surface area contributed by atoms with Gasteiger partial charge in [0.2, 0.25) is 0 Å². The molecule has 18 heavy (non-hydrogen) atoms. The Morgan fingerprint density at radius 3 is 3.00 bits per heavy atom. The summed E-state index contributed by atoms with van der Waals surface area (Å²) < 4.78 is 7.16. The monoisotopic (exact) mass is 247 g/mol. The van der Waals surface area contributed by atoms with Crippen LogP contribution in [0.1, 0.15) is 24.7 Å². The molecule has 0 aromatic carbocycles. The van der Waals surface area contributed by atoms with Crippen LogP contribution < -0.4 is 5.32 Å². The summed E-state index contributed by atoms with van der Waals surface area (Å²) in [5.41, 5.74) is 1.28. The highest BCUT2D eigenvalue weighted by molar-refractivity contribution is 5.04. The first kappa shape index (κ1) is 12.9. The number of rotatable bonds is 7. The van der Waals surface area contributed by atoms with Crippen LogP contribution in [0.25, 0.3) is 0 Å². The van der Waals surface area contributed by atoms with Gasteiger partial charge in [0.1, 0.15) is 5.76 Å². The normalized spacial score (nSPS) is 12.8. The quantitative estimate of drug-likeness (QED) is 0.815. The minimum absolute atomic E-state index is 0.506. The zero-order valence-electron chi connectivity index (χ0n) is 11.1. The van der Waals surface area contributed by atoms with Crippen molar-refractivity contribution in [1.82, 2.24) is 15.1 Å². The summed E-state index contributed by atoms with van der Waals surface area (Å²) in [5.74, 6) is 1.07. The van der Waals surface area contributed by atoms with Crippen LogP contribution in [0.2, 0.25) is 0 Å². The van der Waals surface area contributed by atoms with E-state index in [0.29, 0.717) is 6.04 Å². The molecule has 2 heterocycles. The SMILES string of the molecule is CC(CCc1ccco1)NCCc1cnn(C)c1. The number of nitrogens with zero attached hydrogens (tertiary/aromatic N) is 2. The van der Waals surface area contributed by atoms with Crippen molar-refractivity contribution in [3.8, 4) is 0 Å². The Morgan fingerprint density at radius 1 is 1.44 bits per heavy atom. The summed E-state index contributed by atoms with van der Waals surface area (Å²) in [6, 6.07) is 4.48. The standard InChI is InChI=1S/C14H21N3O/c1-12(5-6-14-4-3-9-18-14)15-8-7-13-10-16-17(2)11-13/h3-4,9-12,15H,5-8H2,1-2H3. The lowest BCUT2D eigenvalue weighted by molar-refractivity contribution is 0.462. The summed E-state index contributed by atoms with van der Waals surface area (Å²) in [6.07, 6.45) is 8.84. The van der Waals surface area contributed by atoms with E-state index in [1.165, 1.54) is 5.56 Å². The summed E-state index contributed by atoms with van der Waals surface area (Å²) in [5, 5.41) is 7.69. The van der Waals surface area contributed by atoms with Gasteiger partial charge >= 0.3 is 0 Å². The molecule has 0 spiro atoms. The van der Waals surface area contributed by atoms with E-state index in [9.17, 15) is 0 Å². The smallest absolute Gasteiger partial charge is 0.103 e. The third kappa shape index (κ3) is 4.04. The molecule has 0 aliphatic rings. The van der Waals surface area contributed by atoms with E-state index in [1.54, 1.807) is 6.26 Å². The third-order valence-corrected chi connectivity index (χ3v) is 3.07. The van der Waals surface area contributed by atoms with Crippen molar-refractivity contribution < 1.29 is 4.42 Å². The molecule has 1 atom stereocenters. The fourth-order valence-electron chi connectivity index (χ4n) is 1.98. The second kappa shape index (κ2) is 6.40. The number of hydrogen-bond donors (Lipinski definition) is 1. The molecule has 2 aromatic heterocycles. The van der Waals surface area contributed by atoms with Crippen molar-refractivity contribution in [1.29, 1.82) is 0 Å². The second-order valence-corrected chi connectivity index (χ2v) is 4.75. The molecule has 0 saturated carbocycles. The fourth-order valence-corrected chi connectivity index (χ4v) is 1.98. The van der Waals surface area contributed by atoms with E-state index in [1.807, 2.05) is 30.1 Å². The molecule has 1 unspecified atom stereocenters. The first-order valence-electron chi connectivity index (χ1n) is 6.47. The molecule has 0 amide bonds. The van der Waals surface area contributed by atoms with E-state index in [4.69, 9.17) is 4.42 Å². The van der Waals surface area contributed by atoms with Crippen LogP contribution in [0, 0.1) is 0 Å². The predicted octanol–water partition coefficient (Wildman–Crippen LogP) is 2.17. The summed E-state index contributed by atoms with van der Waals surface area (Å²) in [7, 11) is 1.95. The van der Waals surface area contributed by atoms with E-state index >= 15 is 0 Å². The van der Waals surface area contributed by atoms with Crippen molar-refractivity contribution in [3.05, 3.63) is 42.1 Å². The molecule has 0 fully saturated rings. The lowest BCUT2D eigenvalue weighted by Gasteiger charge is -2.12. The highest BCUT2D eigenvalue weighted by Gasteiger charge is 2.04. The molecule has 0 saturated heterocycles. The maximum atomic E-state index is 5.32. The van der Waals surface area contributed by atoms with Crippen LogP contribution in [0.15, 0.2) is 35.2 Å². The Kier molecular flexibility index (Phi) is 4.59. The van der Waals surface area contributed by atoms with Crippen LogP contribution >= 0.6 is 0 Å². The zero-order chi connectivity index (χ0) is 12.8. The van der Waals surface area contributed by atoms with Gasteiger partial charge in [0, 0.05) is 25.7 Å². The molecular formula is C14H21N3O. The molecule has 4 nitrogen and oxygen atoms in total. The molecular weight excluding hydrogens is 226 g/mol. The van der Waals surface area contributed by atoms with Gasteiger partial charge in [0.25, 0.3) is 0 Å². The number of aryl methyl sites for hydroxylation is 2. The van der Waals surface area contributed by atoms with Crippen LogP contribution in [0.5, 0.6) is 0 Å². The fraction of sp³-hybridized carbons (Fsp3) is 0.500. The van der Waals surface area contributed by atoms with Crippen LogP contribution in [0.4, 0.5) is 0 Å². The number of nitrogens with one attached hydrogen (secondary N) is 1. The van der Waals surface area contributed by atoms with E-state index < -0.39 is 0 Å². The van der Waals surface area contributed by atoms with Crippen LogP contribution in [0.3, 0.4) is 0 Å². The Labute approximate surface area is 108 Å². The minimum Gasteiger partial charge on any atom is -0.469 e. The van der Waals surface area contributed by atoms with Gasteiger partial charge in [-0.3, -0.25) is 4.68 Å². The van der Waals surface area contributed by atoms with E-state index in [0.717, 1.165) is 31.6 Å². The first-order chi connectivity index (χ1) is 8.74. The van der Waals surface area contributed by atoms with Crippen molar-refractivity contribution in [2.24, 2.45) is 7.05 Å². The van der Waals surface area contributed by atoms with Gasteiger partial charge in [0.05, 0.1) is 12.5 Å². The van der Waals surface area contributed by atoms with Gasteiger partial charge < -0.3 is 9.73 Å². The molecule has 0 aliphatic heterocycles. The van der Waals surface area contributed by atoms with Gasteiger partial charge in [-0.2, -0.15) is 5.10 Å². The lowest BCUT2D eigenvalue weighted by Crippen LogP contribution is -2.28. The molecule has 4 heteroatoms. The van der Waals surface area contributed by atoms with Crippen LogP contribution in [-0.4, -0.2) is 22.4 Å². The van der Waals surface area contributed by atoms with Gasteiger partial charge in [-0.05, 0) is 44.0 Å². The van der Waals surface area contributed by atoms with Gasteiger partial charge in [-0.25, -0.2) is 0 Å². The molecule has 0 aliphatic carbocycles. The minimum atomic E-state index is 0.506. The first-order valence-corrected chi connectivity index (χ1v) is 6.47. The lowest BCUT2D eigenvalue weighted by atomic mass is 10.1. The van der Waals surface area contributed by atoms with Crippen LogP contribution in [-0.2, 0) is 19.9 Å². The predicted molar refractivity (Wildman–Crippen MR) is 71.4 cm³/mol. The maximum Gasteiger partial charge on any atom is 0.103 e. The average Bonchev–Trinajstić information content (AvgIpc) is 2.98. The highest BCUT2D eigenvalue weighted by Crippen LogP contribution is 2.05. The van der Waals surface area contributed by atoms with Gasteiger partial charge in [-0.15, -0.1) is 0 Å². The average molecular weight is 247 g/mol. The van der Waals surface area contributed by atoms with Crippen molar-refractivity contribution >= 4 is 0 Å². The Morgan fingerprint density at radius 2 is 2.33 bits per heavy atom. The number of hydrogen-bond acceptors (Lipinski definition) is 3. The van der Waals surface area contributed by atoms with Gasteiger partial charge in [0.15, 0.2) is 0 Å². The van der Waals surface area contributed by atoms with Crippen molar-refractivity contribution in [2.75, 3.05) is 6.54 Å². The molecule has 98 valence electrons. The molecule has 1 N–H and O–H groups in total. The molecule has 2 rings (SSSR count). The van der Waals surface area contributed by atoms with Crippen molar-refractivity contribution in [2.45, 2.75) is 32.2 Å². The number of aromatic nitrogens is 2. The highest BCUT2D eigenvalue weighted by atomic mass is 16.3. The summed E-state index contributed by atoms with van der Waals surface area (Å²) in [4.78, 5) is 0. The topological polar surface area (TPSA) is 43.0 Å². The Bertz CT molecular complexity index is 447. The van der Waals surface area contributed by atoms with Gasteiger partial charge in [-0.1, -0.05) is 0 Å². The third-order valence-electron chi connectivity index (χ3n) is 3.07. The summed E-state index contributed by atoms with van der Waals surface area (Å²) in [6.45, 7) is 3.21. The largest absolute Gasteiger partial charge is 0.469 e. The zero-order valence-corrected chi connectivity index (χ0v) is 11.1. The summed E-state index contributed by atoms with van der Waals surface area (Å²) >= 11 is 0. The molecule has 2 aromatic rings. The molecule has 0 bridgehead atoms.